The fourth-order valence-electron chi connectivity index (χ4n) is 11.9. The van der Waals surface area contributed by atoms with Crippen molar-refractivity contribution in [1.82, 2.24) is 10.6 Å². The fraction of sp³-hybridized carbons (Fsp3) is 0.911. The molecule has 4 unspecified atom stereocenters. The molecule has 4 aliphatic rings. The number of nitrogens with one attached hydrogen (secondary N) is 2. The van der Waals surface area contributed by atoms with Crippen LogP contribution in [0.25, 0.3) is 0 Å². The lowest BCUT2D eigenvalue weighted by atomic mass is 9.44. The van der Waals surface area contributed by atoms with Crippen molar-refractivity contribution in [2.24, 2.45) is 46.3 Å². The van der Waals surface area contributed by atoms with Gasteiger partial charge in [0.1, 0.15) is 6.10 Å². The number of rotatable bonds is 22. The summed E-state index contributed by atoms with van der Waals surface area (Å²) in [5, 5.41) is 6.08. The van der Waals surface area contributed by atoms with Crippen LogP contribution in [0.3, 0.4) is 0 Å². The zero-order valence-electron chi connectivity index (χ0n) is 33.5. The van der Waals surface area contributed by atoms with Gasteiger partial charge in [-0.15, -0.1) is 0 Å². The summed E-state index contributed by atoms with van der Waals surface area (Å²) in [4.78, 5) is 24.9. The fourth-order valence-corrected chi connectivity index (χ4v) is 11.9. The third-order valence-corrected chi connectivity index (χ3v) is 14.8. The number of carbonyl (C=O) groups excluding carboxylic acids is 2. The van der Waals surface area contributed by atoms with Crippen LogP contribution in [0.2, 0.25) is 0 Å². The number of carbonyl (C=O) groups is 2. The number of hydrogen-bond acceptors (Lipinski definition) is 3. The van der Waals surface area contributed by atoms with E-state index in [9.17, 15) is 9.59 Å². The molecule has 4 aliphatic carbocycles. The van der Waals surface area contributed by atoms with Gasteiger partial charge in [-0.05, 0) is 150 Å². The summed E-state index contributed by atoms with van der Waals surface area (Å²) in [6, 6.07) is 0. The van der Waals surface area contributed by atoms with Crippen molar-refractivity contribution in [3.63, 3.8) is 0 Å². The monoisotopic (exact) mass is 697 g/mol. The number of ether oxygens (including phenoxy) is 1. The van der Waals surface area contributed by atoms with Crippen molar-refractivity contribution in [2.45, 2.75) is 201 Å². The summed E-state index contributed by atoms with van der Waals surface area (Å²) >= 11 is 0. The van der Waals surface area contributed by atoms with Gasteiger partial charge in [-0.3, -0.25) is 4.79 Å². The first-order chi connectivity index (χ1) is 24.2. The highest BCUT2D eigenvalue weighted by Crippen LogP contribution is 2.68. The van der Waals surface area contributed by atoms with Gasteiger partial charge in [-0.2, -0.15) is 0 Å². The lowest BCUT2D eigenvalue weighted by molar-refractivity contribution is -0.130. The Morgan fingerprint density at radius 3 is 2.08 bits per heavy atom. The minimum absolute atomic E-state index is 0.0888. The molecule has 2 N–H and O–H groups in total. The van der Waals surface area contributed by atoms with Gasteiger partial charge in [0.15, 0.2) is 0 Å². The Labute approximate surface area is 309 Å². The van der Waals surface area contributed by atoms with Gasteiger partial charge in [-0.25, -0.2) is 4.79 Å². The molecule has 5 nitrogen and oxygen atoms in total. The molecule has 0 radical (unpaired) electrons. The summed E-state index contributed by atoms with van der Waals surface area (Å²) in [7, 11) is 0. The highest BCUT2D eigenvalue weighted by molar-refractivity contribution is 5.75. The number of allylic oxidation sites excluding steroid dienone is 2. The van der Waals surface area contributed by atoms with Crippen molar-refractivity contribution in [1.29, 1.82) is 0 Å². The van der Waals surface area contributed by atoms with E-state index in [1.165, 1.54) is 128 Å². The quantitative estimate of drug-likeness (QED) is 0.0874. The lowest BCUT2D eigenvalue weighted by Crippen LogP contribution is -2.54. The zero-order valence-corrected chi connectivity index (χ0v) is 33.5. The predicted octanol–water partition coefficient (Wildman–Crippen LogP) is 12.3. The molecule has 0 aliphatic heterocycles. The first kappa shape index (κ1) is 41.2. The zero-order chi connectivity index (χ0) is 35.8. The summed E-state index contributed by atoms with van der Waals surface area (Å²) in [6.45, 7) is 13.4. The molecule has 5 heteroatoms. The number of hydrogen-bond donors (Lipinski definition) is 2. The van der Waals surface area contributed by atoms with E-state index >= 15 is 0 Å². The molecular formula is C45H80N2O3. The van der Waals surface area contributed by atoms with Crippen molar-refractivity contribution in [2.75, 3.05) is 13.1 Å². The number of fused-ring (bicyclic) bond motifs is 5. The first-order valence-corrected chi connectivity index (χ1v) is 22.1. The highest BCUT2D eigenvalue weighted by Gasteiger charge is 2.60. The van der Waals surface area contributed by atoms with Gasteiger partial charge < -0.3 is 15.4 Å². The summed E-state index contributed by atoms with van der Waals surface area (Å²) in [5.41, 5.74) is 0.833. The van der Waals surface area contributed by atoms with E-state index in [0.29, 0.717) is 35.6 Å². The molecule has 288 valence electrons. The summed E-state index contributed by atoms with van der Waals surface area (Å²) < 4.78 is 5.82. The smallest absolute Gasteiger partial charge is 0.407 e. The highest BCUT2D eigenvalue weighted by atomic mass is 16.6. The van der Waals surface area contributed by atoms with Crippen LogP contribution >= 0.6 is 0 Å². The van der Waals surface area contributed by atoms with Gasteiger partial charge in [-0.1, -0.05) is 97.6 Å². The molecule has 0 spiro atoms. The van der Waals surface area contributed by atoms with Gasteiger partial charge in [0.05, 0.1) is 0 Å². The molecule has 9 atom stereocenters. The predicted molar refractivity (Wildman–Crippen MR) is 210 cm³/mol. The van der Waals surface area contributed by atoms with E-state index < -0.39 is 0 Å². The Morgan fingerprint density at radius 1 is 0.740 bits per heavy atom. The maximum atomic E-state index is 12.8. The van der Waals surface area contributed by atoms with Gasteiger partial charge >= 0.3 is 6.09 Å². The number of unbranched alkanes of at least 4 members (excludes halogenated alkanes) is 12. The second kappa shape index (κ2) is 21.2. The van der Waals surface area contributed by atoms with E-state index in [2.05, 4.69) is 50.5 Å². The molecule has 4 fully saturated rings. The second-order valence-corrected chi connectivity index (χ2v) is 18.0. The largest absolute Gasteiger partial charge is 0.446 e. The van der Waals surface area contributed by atoms with Crippen LogP contribution in [0.4, 0.5) is 4.79 Å². The van der Waals surface area contributed by atoms with Crippen LogP contribution in [0, 0.1) is 46.3 Å². The Kier molecular flexibility index (Phi) is 17.5. The second-order valence-electron chi connectivity index (χ2n) is 18.0. The minimum atomic E-state index is -0.236. The molecule has 0 bridgehead atoms. The van der Waals surface area contributed by atoms with Crippen molar-refractivity contribution >= 4 is 12.0 Å². The van der Waals surface area contributed by atoms with Gasteiger partial charge in [0.2, 0.25) is 5.91 Å². The van der Waals surface area contributed by atoms with E-state index in [1.54, 1.807) is 0 Å². The Hall–Kier alpha value is -1.52. The Morgan fingerprint density at radius 2 is 1.38 bits per heavy atom. The van der Waals surface area contributed by atoms with Crippen LogP contribution in [0.5, 0.6) is 0 Å². The van der Waals surface area contributed by atoms with Crippen LogP contribution in [0.1, 0.15) is 195 Å². The number of amides is 2. The molecule has 0 aromatic heterocycles. The minimum Gasteiger partial charge on any atom is -0.446 e. The Bertz CT molecular complexity index is 1030. The van der Waals surface area contributed by atoms with Crippen LogP contribution in [-0.4, -0.2) is 31.2 Å². The third kappa shape index (κ3) is 11.5. The number of alkyl carbamates (subject to hydrolysis) is 1. The lowest BCUT2D eigenvalue weighted by Gasteiger charge is -2.61. The Balaban J connectivity index is 1.06. The third-order valence-electron chi connectivity index (χ3n) is 14.8. The molecule has 4 rings (SSSR count). The van der Waals surface area contributed by atoms with Crippen LogP contribution in [0.15, 0.2) is 12.2 Å². The average molecular weight is 697 g/mol. The molecule has 0 aromatic rings. The van der Waals surface area contributed by atoms with Gasteiger partial charge in [0, 0.05) is 19.5 Å². The van der Waals surface area contributed by atoms with E-state index in [1.807, 2.05) is 6.92 Å². The summed E-state index contributed by atoms with van der Waals surface area (Å²) in [5.74, 6) is 4.85. The van der Waals surface area contributed by atoms with Crippen LogP contribution < -0.4 is 10.6 Å². The normalized spacial score (nSPS) is 32.6. The van der Waals surface area contributed by atoms with Gasteiger partial charge in [0.25, 0.3) is 0 Å². The maximum absolute atomic E-state index is 12.8. The van der Waals surface area contributed by atoms with Crippen molar-refractivity contribution in [3.8, 4) is 0 Å². The molecule has 4 saturated carbocycles. The van der Waals surface area contributed by atoms with E-state index in [-0.39, 0.29) is 18.1 Å². The van der Waals surface area contributed by atoms with Crippen molar-refractivity contribution in [3.05, 3.63) is 12.2 Å². The molecule has 2 amide bonds. The standard InChI is InChI=1S/C45H80N2O3/c1-6-8-9-10-11-12-13-14-15-16-17-18-19-20-21-22-33-47-42(48)28-23-35(3)39-26-27-40-38-25-24-36-34-37(50-43(49)46-7-2)29-31-44(36,4)41(38)30-32-45(39,40)5/h14-15,35-41H,6-13,16-34H2,1-5H3,(H,46,49)(H,47,48)/b15-14-/t35-,36?,37-,38?,39-,40?,41?,44+,45-/m1/s1. The SMILES string of the molecule is CCCCCCCC/C=C\CCCCCCCCNC(=O)CC[C@@H](C)[C@H]1CCC2C3CCC4C[C@H](OC(=O)NCC)CC[C@]4(C)C3CC[C@@]21C. The first-order valence-electron chi connectivity index (χ1n) is 22.1. The average Bonchev–Trinajstić information content (AvgIpc) is 3.46. The molecule has 0 heterocycles. The molecule has 0 aromatic carbocycles. The molecular weight excluding hydrogens is 617 g/mol. The van der Waals surface area contributed by atoms with Crippen LogP contribution in [-0.2, 0) is 9.53 Å². The molecule has 0 saturated heterocycles. The van der Waals surface area contributed by atoms with E-state index in [0.717, 1.165) is 55.9 Å². The maximum Gasteiger partial charge on any atom is 0.407 e. The topological polar surface area (TPSA) is 67.4 Å². The summed E-state index contributed by atoms with van der Waals surface area (Å²) in [6.07, 6.45) is 36.3. The van der Waals surface area contributed by atoms with E-state index in [4.69, 9.17) is 4.74 Å². The molecule has 50 heavy (non-hydrogen) atoms. The van der Waals surface area contributed by atoms with Crippen molar-refractivity contribution < 1.29 is 14.3 Å².